The molecule has 84 valence electrons. The number of aliphatic hydroxyl groups is 1. The van der Waals surface area contributed by atoms with Crippen LogP contribution in [0.5, 0.6) is 5.75 Å². The average Bonchev–Trinajstić information content (AvgIpc) is 2.14. The van der Waals surface area contributed by atoms with Crippen molar-refractivity contribution < 1.29 is 14.2 Å². The summed E-state index contributed by atoms with van der Waals surface area (Å²) in [5.41, 5.74) is 0.781. The minimum atomic E-state index is -0.688. The van der Waals surface area contributed by atoms with Crippen LogP contribution in [0.15, 0.2) is 12.1 Å². The van der Waals surface area contributed by atoms with E-state index in [1.807, 2.05) is 6.92 Å². The molecule has 0 aliphatic rings. The van der Waals surface area contributed by atoms with Gasteiger partial charge >= 0.3 is 0 Å². The molecule has 0 fully saturated rings. The molecule has 0 saturated carbocycles. The first-order chi connectivity index (χ1) is 6.85. The van der Waals surface area contributed by atoms with Gasteiger partial charge in [0.2, 0.25) is 0 Å². The van der Waals surface area contributed by atoms with Crippen LogP contribution in [0.1, 0.15) is 25.0 Å². The van der Waals surface area contributed by atoms with Crippen LogP contribution in [0, 0.1) is 19.7 Å². The fourth-order valence-electron chi connectivity index (χ4n) is 1.25. The molecule has 0 spiro atoms. The van der Waals surface area contributed by atoms with Gasteiger partial charge in [-0.05, 0) is 44.9 Å². The molecule has 0 aliphatic heterocycles. The van der Waals surface area contributed by atoms with E-state index in [9.17, 15) is 4.39 Å². The Morgan fingerprint density at radius 1 is 1.27 bits per heavy atom. The minimum absolute atomic E-state index is 0.109. The van der Waals surface area contributed by atoms with Gasteiger partial charge in [-0.1, -0.05) is 0 Å². The van der Waals surface area contributed by atoms with Gasteiger partial charge in [0.15, 0.2) is 0 Å². The molecule has 15 heavy (non-hydrogen) atoms. The largest absolute Gasteiger partial charge is 0.485 e. The third kappa shape index (κ3) is 2.93. The van der Waals surface area contributed by atoms with E-state index in [-0.39, 0.29) is 12.4 Å². The molecule has 3 heteroatoms. The zero-order chi connectivity index (χ0) is 11.6. The smallest absolute Gasteiger partial charge is 0.129 e. The Morgan fingerprint density at radius 3 is 2.40 bits per heavy atom. The van der Waals surface area contributed by atoms with E-state index in [1.54, 1.807) is 26.8 Å². The van der Waals surface area contributed by atoms with Gasteiger partial charge < -0.3 is 9.84 Å². The lowest BCUT2D eigenvalue weighted by Gasteiger charge is -2.25. The molecule has 0 bridgehead atoms. The molecule has 0 heterocycles. The van der Waals surface area contributed by atoms with Crippen molar-refractivity contribution in [1.29, 1.82) is 0 Å². The Morgan fingerprint density at radius 2 is 1.87 bits per heavy atom. The van der Waals surface area contributed by atoms with Crippen molar-refractivity contribution in [3.63, 3.8) is 0 Å². The van der Waals surface area contributed by atoms with Crippen LogP contribution in [0.25, 0.3) is 0 Å². The van der Waals surface area contributed by atoms with Crippen molar-refractivity contribution in [3.05, 3.63) is 29.1 Å². The fourth-order valence-corrected chi connectivity index (χ4v) is 1.25. The van der Waals surface area contributed by atoms with Crippen molar-refractivity contribution in [3.8, 4) is 5.75 Å². The molecular weight excluding hydrogens is 195 g/mol. The Balaban J connectivity index is 3.01. The molecule has 0 amide bonds. The van der Waals surface area contributed by atoms with Gasteiger partial charge in [-0.3, -0.25) is 0 Å². The lowest BCUT2D eigenvalue weighted by molar-refractivity contribution is 0.0404. The molecule has 1 aromatic rings. The van der Waals surface area contributed by atoms with Crippen LogP contribution in [-0.2, 0) is 0 Å². The second-order valence-corrected chi connectivity index (χ2v) is 4.39. The first-order valence-corrected chi connectivity index (χ1v) is 4.92. The predicted octanol–water partition coefficient (Wildman–Crippen LogP) is 2.59. The molecule has 0 saturated heterocycles. The van der Waals surface area contributed by atoms with Gasteiger partial charge in [-0.2, -0.15) is 0 Å². The Bertz CT molecular complexity index is 359. The van der Waals surface area contributed by atoms with Gasteiger partial charge in [-0.25, -0.2) is 4.39 Å². The molecule has 0 unspecified atom stereocenters. The van der Waals surface area contributed by atoms with E-state index in [0.29, 0.717) is 11.3 Å². The summed E-state index contributed by atoms with van der Waals surface area (Å²) in [6.45, 7) is 6.97. The number of hydrogen-bond acceptors (Lipinski definition) is 2. The standard InChI is InChI=1S/C12H17FO2/c1-8-5-9(2)11(6-10(8)13)15-12(3,4)7-14/h5-6,14H,7H2,1-4H3. The zero-order valence-corrected chi connectivity index (χ0v) is 9.60. The first-order valence-electron chi connectivity index (χ1n) is 4.92. The molecular formula is C12H17FO2. The van der Waals surface area contributed by atoms with Crippen LogP contribution in [0.2, 0.25) is 0 Å². The summed E-state index contributed by atoms with van der Waals surface area (Å²) in [6.07, 6.45) is 0. The van der Waals surface area contributed by atoms with Crippen LogP contribution in [0.3, 0.4) is 0 Å². The second kappa shape index (κ2) is 4.19. The third-order valence-electron chi connectivity index (χ3n) is 2.22. The second-order valence-electron chi connectivity index (χ2n) is 4.39. The Hall–Kier alpha value is -1.09. The molecule has 1 rings (SSSR count). The monoisotopic (exact) mass is 212 g/mol. The number of halogens is 1. The van der Waals surface area contributed by atoms with Crippen LogP contribution < -0.4 is 4.74 Å². The highest BCUT2D eigenvalue weighted by Gasteiger charge is 2.19. The van der Waals surface area contributed by atoms with Gasteiger partial charge in [-0.15, -0.1) is 0 Å². The average molecular weight is 212 g/mol. The normalized spacial score (nSPS) is 11.6. The summed E-state index contributed by atoms with van der Waals surface area (Å²) in [5.74, 6) is 0.196. The van der Waals surface area contributed by atoms with Gasteiger partial charge in [0.1, 0.15) is 17.2 Å². The summed E-state index contributed by atoms with van der Waals surface area (Å²) >= 11 is 0. The highest BCUT2D eigenvalue weighted by atomic mass is 19.1. The van der Waals surface area contributed by atoms with E-state index in [1.165, 1.54) is 6.07 Å². The number of ether oxygens (including phenoxy) is 1. The van der Waals surface area contributed by atoms with Crippen molar-refractivity contribution in [2.75, 3.05) is 6.61 Å². The lowest BCUT2D eigenvalue weighted by atomic mass is 10.1. The van der Waals surface area contributed by atoms with Crippen molar-refractivity contribution in [1.82, 2.24) is 0 Å². The molecule has 0 atom stereocenters. The maximum Gasteiger partial charge on any atom is 0.129 e. The van der Waals surface area contributed by atoms with E-state index in [4.69, 9.17) is 9.84 Å². The maximum absolute atomic E-state index is 13.3. The Labute approximate surface area is 89.7 Å². The highest BCUT2D eigenvalue weighted by molar-refractivity contribution is 5.37. The fraction of sp³-hybridized carbons (Fsp3) is 0.500. The number of aliphatic hydroxyl groups excluding tert-OH is 1. The minimum Gasteiger partial charge on any atom is -0.485 e. The Kier molecular flexibility index (Phi) is 3.35. The van der Waals surface area contributed by atoms with Crippen LogP contribution >= 0.6 is 0 Å². The van der Waals surface area contributed by atoms with E-state index < -0.39 is 5.60 Å². The molecule has 0 aliphatic carbocycles. The van der Waals surface area contributed by atoms with Crippen LogP contribution in [0.4, 0.5) is 4.39 Å². The number of benzene rings is 1. The number of aryl methyl sites for hydroxylation is 2. The highest BCUT2D eigenvalue weighted by Crippen LogP contribution is 2.25. The summed E-state index contributed by atoms with van der Waals surface area (Å²) in [4.78, 5) is 0. The molecule has 0 aromatic heterocycles. The lowest BCUT2D eigenvalue weighted by Crippen LogP contribution is -2.32. The van der Waals surface area contributed by atoms with Gasteiger partial charge in [0.05, 0.1) is 6.61 Å². The summed E-state index contributed by atoms with van der Waals surface area (Å²) in [6, 6.07) is 3.10. The SMILES string of the molecule is Cc1cc(C)c(OC(C)(C)CO)cc1F. The zero-order valence-electron chi connectivity index (χ0n) is 9.60. The van der Waals surface area contributed by atoms with E-state index >= 15 is 0 Å². The molecule has 2 nitrogen and oxygen atoms in total. The summed E-state index contributed by atoms with van der Waals surface area (Å²) in [5, 5.41) is 9.05. The topological polar surface area (TPSA) is 29.5 Å². The maximum atomic E-state index is 13.3. The van der Waals surface area contributed by atoms with Crippen molar-refractivity contribution in [2.45, 2.75) is 33.3 Å². The molecule has 0 radical (unpaired) electrons. The first kappa shape index (κ1) is 12.0. The number of rotatable bonds is 3. The van der Waals surface area contributed by atoms with Gasteiger partial charge in [0, 0.05) is 6.07 Å². The third-order valence-corrected chi connectivity index (χ3v) is 2.22. The summed E-state index contributed by atoms with van der Waals surface area (Å²) < 4.78 is 18.8. The van der Waals surface area contributed by atoms with E-state index in [2.05, 4.69) is 0 Å². The predicted molar refractivity (Wildman–Crippen MR) is 57.7 cm³/mol. The van der Waals surface area contributed by atoms with Crippen molar-refractivity contribution in [2.24, 2.45) is 0 Å². The van der Waals surface area contributed by atoms with E-state index in [0.717, 1.165) is 5.56 Å². The molecule has 1 N–H and O–H groups in total. The number of hydrogen-bond donors (Lipinski definition) is 1. The van der Waals surface area contributed by atoms with Gasteiger partial charge in [0.25, 0.3) is 0 Å². The summed E-state index contributed by atoms with van der Waals surface area (Å²) in [7, 11) is 0. The van der Waals surface area contributed by atoms with Crippen LogP contribution in [-0.4, -0.2) is 17.3 Å². The quantitative estimate of drug-likeness (QED) is 0.834. The van der Waals surface area contributed by atoms with Crippen molar-refractivity contribution >= 4 is 0 Å². The molecule has 1 aromatic carbocycles.